The van der Waals surface area contributed by atoms with E-state index in [2.05, 4.69) is 41.7 Å². The van der Waals surface area contributed by atoms with Crippen molar-refractivity contribution in [1.29, 1.82) is 0 Å². The fourth-order valence-corrected chi connectivity index (χ4v) is 8.63. The molecule has 0 saturated carbocycles. The normalized spacial score (nSPS) is 15.4. The number of amides is 1. The van der Waals surface area contributed by atoms with Crippen LogP contribution in [0.2, 0.25) is 0 Å². The first kappa shape index (κ1) is 25.7. The van der Waals surface area contributed by atoms with E-state index in [1.165, 1.54) is 0 Å². The number of carbonyl (C=O) groups excluding carboxylic acids is 1. The number of hydrogen-bond acceptors (Lipinski definition) is 6. The van der Waals surface area contributed by atoms with E-state index in [0.29, 0.717) is 5.84 Å². The second kappa shape index (κ2) is 11.1. The van der Waals surface area contributed by atoms with Gasteiger partial charge in [0.25, 0.3) is 11.7 Å². The van der Waals surface area contributed by atoms with Crippen molar-refractivity contribution in [3.8, 4) is 0 Å². The molecule has 0 bridgehead atoms. The molecule has 1 N–H and O–H groups in total. The van der Waals surface area contributed by atoms with E-state index in [-0.39, 0.29) is 5.91 Å². The summed E-state index contributed by atoms with van der Waals surface area (Å²) in [5.74, 6) is 0.0569. The molecule has 0 spiro atoms. The highest BCUT2D eigenvalue weighted by molar-refractivity contribution is 7.96. The summed E-state index contributed by atoms with van der Waals surface area (Å²) in [6.07, 6.45) is 0. The lowest BCUT2D eigenvalue weighted by molar-refractivity contribution is -2.00. The average molecular weight is 521 g/mol. The summed E-state index contributed by atoms with van der Waals surface area (Å²) in [5, 5.41) is 6.51. The molecule has 1 amide bonds. The molecule has 182 valence electrons. The first-order valence-electron chi connectivity index (χ1n) is 10.9. The predicted octanol–water partition coefficient (Wildman–Crippen LogP) is -0.873. The van der Waals surface area contributed by atoms with Crippen molar-refractivity contribution in [2.24, 2.45) is 4.99 Å². The first-order valence-corrected chi connectivity index (χ1v) is 14.0. The maximum atomic E-state index is 13.5. The van der Waals surface area contributed by atoms with E-state index in [1.54, 1.807) is 0 Å². The third kappa shape index (κ3) is 5.69. The summed E-state index contributed by atoms with van der Waals surface area (Å²) in [5.41, 5.74) is 0.922. The average Bonchev–Trinajstić information content (AvgIpc) is 3.28. The van der Waals surface area contributed by atoms with Crippen LogP contribution in [0.3, 0.4) is 0 Å². The van der Waals surface area contributed by atoms with Gasteiger partial charge in [0, 0.05) is 5.56 Å². The van der Waals surface area contributed by atoms with Gasteiger partial charge in [0.05, 0.1) is 0 Å². The lowest BCUT2D eigenvalue weighted by Gasteiger charge is -2.29. The Morgan fingerprint density at radius 3 is 1.31 bits per heavy atom. The zero-order chi connectivity index (χ0) is 25.6. The van der Waals surface area contributed by atoms with Crippen LogP contribution in [0.4, 0.5) is 0 Å². The van der Waals surface area contributed by atoms with Gasteiger partial charge in [-0.2, -0.15) is 0 Å². The van der Waals surface area contributed by atoms with Gasteiger partial charge < -0.3 is 5.32 Å². The Labute approximate surface area is 211 Å². The van der Waals surface area contributed by atoms with Gasteiger partial charge in [0.15, 0.2) is 0 Å². The first-order chi connectivity index (χ1) is 17.3. The largest absolute Gasteiger partial charge is 0.305 e. The Morgan fingerprint density at radius 2 is 0.944 bits per heavy atom. The van der Waals surface area contributed by atoms with E-state index in [1.807, 2.05) is 84.9 Å². The zero-order valence-corrected chi connectivity index (χ0v) is 20.6. The topological polar surface area (TPSA) is 134 Å². The van der Waals surface area contributed by atoms with Gasteiger partial charge in [-0.25, -0.2) is 23.6 Å². The monoisotopic (exact) mass is 520 g/mol. The van der Waals surface area contributed by atoms with Gasteiger partial charge in [-0.3, -0.25) is 4.79 Å². The third-order valence-corrected chi connectivity index (χ3v) is 10.1. The van der Waals surface area contributed by atoms with Crippen LogP contribution in [0.1, 0.15) is 5.56 Å². The van der Waals surface area contributed by atoms with E-state index in [4.69, 9.17) is 23.6 Å². The number of carbonyl (C=O) groups is 1. The van der Waals surface area contributed by atoms with Crippen molar-refractivity contribution in [2.75, 3.05) is 0 Å². The maximum absolute atomic E-state index is 13.5. The molecule has 1 heterocycles. The zero-order valence-electron chi connectivity index (χ0n) is 18.9. The molecule has 5 rings (SSSR count). The van der Waals surface area contributed by atoms with Gasteiger partial charge in [-0.05, 0) is 36.4 Å². The van der Waals surface area contributed by atoms with E-state index >= 15 is 0 Å². The maximum Gasteiger partial charge on any atom is 0.290 e. The Bertz CT molecular complexity index is 1220. The summed E-state index contributed by atoms with van der Waals surface area (Å²) in [7, 11) is -7.36. The number of rotatable bonds is 5. The molecule has 1 atom stereocenters. The molecule has 9 heteroatoms. The Kier molecular flexibility index (Phi) is 7.91. The molecule has 4 aromatic rings. The second-order valence-corrected chi connectivity index (χ2v) is 12.1. The summed E-state index contributed by atoms with van der Waals surface area (Å²) < 4.78 is 34.0. The van der Waals surface area contributed by atoms with Gasteiger partial charge >= 0.3 is 0 Å². The minimum absolute atomic E-state index is 0.0521. The molecule has 1 aliphatic rings. The van der Waals surface area contributed by atoms with Crippen molar-refractivity contribution in [1.82, 2.24) is 5.32 Å². The Balaban J connectivity index is 0.000000556. The van der Waals surface area contributed by atoms with Gasteiger partial charge in [-0.1, -0.05) is 84.9 Å². The van der Waals surface area contributed by atoms with Crippen LogP contribution in [0.25, 0.3) is 0 Å². The van der Waals surface area contributed by atoms with Crippen LogP contribution >= 0.6 is 7.26 Å². The minimum Gasteiger partial charge on any atom is -0.305 e. The van der Waals surface area contributed by atoms with E-state index in [0.717, 1.165) is 21.5 Å². The SMILES string of the molecule is O=C1NC(c2ccccc2)=NC1[P+](c1ccccc1)(c1ccccc1)c1ccccc1.[O-][Cl+3]([O-])([O-])[O-]. The summed E-state index contributed by atoms with van der Waals surface area (Å²) >= 11 is 0. The van der Waals surface area contributed by atoms with Crippen molar-refractivity contribution < 1.29 is 33.7 Å². The molecule has 1 unspecified atom stereocenters. The number of nitrogens with one attached hydrogen (secondary N) is 1. The molecule has 0 aliphatic carbocycles. The fourth-order valence-electron chi connectivity index (χ4n) is 4.26. The number of amidine groups is 1. The molecular formula is C27H22ClN2O5P. The van der Waals surface area contributed by atoms with Crippen LogP contribution in [-0.4, -0.2) is 17.5 Å². The van der Waals surface area contributed by atoms with Crippen LogP contribution in [0, 0.1) is 10.2 Å². The number of halogens is 1. The Hall–Kier alpha value is -3.42. The molecule has 0 saturated heterocycles. The Morgan fingerprint density at radius 1 is 0.611 bits per heavy atom. The molecule has 1 aliphatic heterocycles. The summed E-state index contributed by atoms with van der Waals surface area (Å²) in [4.78, 5) is 18.6. The standard InChI is InChI=1S/C27H21N2OP.ClHO4/c30-26-27(29-25(28-26)21-13-5-1-6-14-21)31(22-15-7-2-8-16-22,23-17-9-3-10-18-23)24-19-11-4-12-20-24;2-1(3,4)5/h1-20,27H;(H,2,3,4,5). The van der Waals surface area contributed by atoms with Crippen molar-refractivity contribution in [3.63, 3.8) is 0 Å². The highest BCUT2D eigenvalue weighted by Gasteiger charge is 2.58. The molecule has 7 nitrogen and oxygen atoms in total. The minimum atomic E-state index is -4.94. The number of nitrogens with zero attached hydrogens (tertiary/aromatic N) is 1. The molecule has 0 aromatic heterocycles. The van der Waals surface area contributed by atoms with Crippen molar-refractivity contribution >= 4 is 34.9 Å². The summed E-state index contributed by atoms with van der Waals surface area (Å²) in [6, 6.07) is 41.0. The predicted molar refractivity (Wildman–Crippen MR) is 130 cm³/mol. The number of benzene rings is 4. The molecule has 0 radical (unpaired) electrons. The molecule has 4 aromatic carbocycles. The quantitative estimate of drug-likeness (QED) is 0.341. The highest BCUT2D eigenvalue weighted by Crippen LogP contribution is 2.61. The van der Waals surface area contributed by atoms with E-state index in [9.17, 15) is 4.79 Å². The van der Waals surface area contributed by atoms with Crippen LogP contribution in [-0.2, 0) is 4.79 Å². The molecule has 0 fully saturated rings. The molecule has 36 heavy (non-hydrogen) atoms. The van der Waals surface area contributed by atoms with Gasteiger partial charge in [0.1, 0.15) is 29.0 Å². The van der Waals surface area contributed by atoms with Crippen LogP contribution in [0.15, 0.2) is 126 Å². The van der Waals surface area contributed by atoms with Gasteiger partial charge in [0.2, 0.25) is 0 Å². The summed E-state index contributed by atoms with van der Waals surface area (Å²) in [6.45, 7) is 0. The van der Waals surface area contributed by atoms with Crippen LogP contribution in [0.5, 0.6) is 0 Å². The third-order valence-electron chi connectivity index (χ3n) is 5.63. The highest BCUT2D eigenvalue weighted by atomic mass is 35.7. The lowest BCUT2D eigenvalue weighted by Crippen LogP contribution is -2.68. The smallest absolute Gasteiger partial charge is 0.290 e. The number of hydrogen-bond donors (Lipinski definition) is 1. The second-order valence-electron chi connectivity index (χ2n) is 7.81. The van der Waals surface area contributed by atoms with Crippen LogP contribution < -0.4 is 39.9 Å². The van der Waals surface area contributed by atoms with Gasteiger partial charge in [-0.15, -0.1) is 10.2 Å². The van der Waals surface area contributed by atoms with E-state index < -0.39 is 23.3 Å². The fraction of sp³-hybridized carbons (Fsp3) is 0.0370. The van der Waals surface area contributed by atoms with Crippen molar-refractivity contribution in [2.45, 2.75) is 5.78 Å². The molecular weight excluding hydrogens is 499 g/mol. The number of aliphatic imine (C=N–C) groups is 1. The lowest BCUT2D eigenvalue weighted by atomic mass is 10.2. The van der Waals surface area contributed by atoms with Crippen molar-refractivity contribution in [3.05, 3.63) is 127 Å².